The van der Waals surface area contributed by atoms with E-state index in [1.807, 2.05) is 0 Å². The summed E-state index contributed by atoms with van der Waals surface area (Å²) in [6, 6.07) is 0. The molecule has 0 aliphatic carbocycles. The monoisotopic (exact) mass is 171 g/mol. The number of ether oxygens (including phenoxy) is 1. The van der Waals surface area contributed by atoms with Gasteiger partial charge in [0.15, 0.2) is 0 Å². The highest BCUT2D eigenvalue weighted by Gasteiger charge is 1.96. The predicted molar refractivity (Wildman–Crippen MR) is 44.2 cm³/mol. The van der Waals surface area contributed by atoms with Crippen molar-refractivity contribution < 1.29 is 14.3 Å². The molecule has 0 aromatic carbocycles. The van der Waals surface area contributed by atoms with E-state index in [2.05, 4.69) is 4.74 Å². The van der Waals surface area contributed by atoms with E-state index < -0.39 is 5.91 Å². The molecule has 0 rings (SSSR count). The number of primary amides is 1. The van der Waals surface area contributed by atoms with Gasteiger partial charge >= 0.3 is 5.97 Å². The minimum Gasteiger partial charge on any atom is -0.466 e. The molecule has 0 saturated carbocycles. The molecule has 0 unspecified atom stereocenters. The van der Waals surface area contributed by atoms with Gasteiger partial charge in [-0.25, -0.2) is 0 Å². The minimum absolute atomic E-state index is 0.292. The zero-order valence-electron chi connectivity index (χ0n) is 7.29. The Morgan fingerprint density at radius 3 is 2.42 bits per heavy atom. The molecular weight excluding hydrogens is 158 g/mol. The Kier molecular flexibility index (Phi) is 4.76. The standard InChI is InChI=1S/C8H13NO3/c1-6(8(9)11)4-3-5-12-7(2)10/h4H,3,5H2,1-2H3,(H2,9,11). The van der Waals surface area contributed by atoms with Gasteiger partial charge in [0.1, 0.15) is 0 Å². The van der Waals surface area contributed by atoms with Crippen molar-refractivity contribution >= 4 is 11.9 Å². The molecule has 0 atom stereocenters. The summed E-state index contributed by atoms with van der Waals surface area (Å²) in [5.41, 5.74) is 5.45. The Morgan fingerprint density at radius 1 is 1.42 bits per heavy atom. The van der Waals surface area contributed by atoms with E-state index >= 15 is 0 Å². The van der Waals surface area contributed by atoms with E-state index in [0.29, 0.717) is 18.6 Å². The third kappa shape index (κ3) is 5.46. The molecule has 12 heavy (non-hydrogen) atoms. The number of carbonyl (C=O) groups is 2. The Labute approximate surface area is 71.4 Å². The lowest BCUT2D eigenvalue weighted by Crippen LogP contribution is -2.11. The summed E-state index contributed by atoms with van der Waals surface area (Å²) in [5.74, 6) is -0.766. The quantitative estimate of drug-likeness (QED) is 0.377. The number of amides is 1. The van der Waals surface area contributed by atoms with Crippen molar-refractivity contribution in [3.05, 3.63) is 11.6 Å². The molecule has 0 saturated heterocycles. The van der Waals surface area contributed by atoms with Crippen molar-refractivity contribution in [2.75, 3.05) is 6.61 Å². The largest absolute Gasteiger partial charge is 0.466 e. The fourth-order valence-electron chi connectivity index (χ4n) is 0.579. The van der Waals surface area contributed by atoms with E-state index in [4.69, 9.17) is 5.73 Å². The van der Waals surface area contributed by atoms with Crippen LogP contribution in [0.3, 0.4) is 0 Å². The first-order valence-electron chi connectivity index (χ1n) is 3.64. The van der Waals surface area contributed by atoms with Crippen molar-refractivity contribution in [2.24, 2.45) is 5.73 Å². The lowest BCUT2D eigenvalue weighted by Gasteiger charge is -1.97. The molecule has 0 bridgehead atoms. The highest BCUT2D eigenvalue weighted by atomic mass is 16.5. The van der Waals surface area contributed by atoms with Gasteiger partial charge in [-0.05, 0) is 6.92 Å². The van der Waals surface area contributed by atoms with Crippen LogP contribution in [0.25, 0.3) is 0 Å². The highest BCUT2D eigenvalue weighted by molar-refractivity contribution is 5.91. The summed E-state index contributed by atoms with van der Waals surface area (Å²) in [6.45, 7) is 3.25. The van der Waals surface area contributed by atoms with Gasteiger partial charge in [0, 0.05) is 18.9 Å². The third-order valence-corrected chi connectivity index (χ3v) is 1.26. The van der Waals surface area contributed by atoms with Crippen LogP contribution < -0.4 is 5.73 Å². The average Bonchev–Trinajstić information content (AvgIpc) is 1.97. The van der Waals surface area contributed by atoms with Crippen LogP contribution >= 0.6 is 0 Å². The summed E-state index contributed by atoms with van der Waals surface area (Å²) in [6.07, 6.45) is 2.17. The normalized spacial score (nSPS) is 11.0. The first-order valence-corrected chi connectivity index (χ1v) is 3.64. The molecule has 4 heteroatoms. The van der Waals surface area contributed by atoms with E-state index in [0.717, 1.165) is 0 Å². The molecular formula is C8H13NO3. The first-order chi connectivity index (χ1) is 5.54. The maximum Gasteiger partial charge on any atom is 0.302 e. The van der Waals surface area contributed by atoms with Crippen molar-refractivity contribution in [2.45, 2.75) is 20.3 Å². The van der Waals surface area contributed by atoms with Gasteiger partial charge in [-0.15, -0.1) is 0 Å². The van der Waals surface area contributed by atoms with Crippen LogP contribution in [0.2, 0.25) is 0 Å². The first kappa shape index (κ1) is 10.7. The second-order valence-electron chi connectivity index (χ2n) is 2.38. The molecule has 0 spiro atoms. The molecule has 0 heterocycles. The summed E-state index contributed by atoms with van der Waals surface area (Å²) in [4.78, 5) is 20.8. The Morgan fingerprint density at radius 2 is 2.00 bits per heavy atom. The average molecular weight is 171 g/mol. The lowest BCUT2D eigenvalue weighted by molar-refractivity contribution is -0.140. The van der Waals surface area contributed by atoms with Gasteiger partial charge in [0.05, 0.1) is 6.61 Å². The topological polar surface area (TPSA) is 69.4 Å². The van der Waals surface area contributed by atoms with Crippen LogP contribution in [0.4, 0.5) is 0 Å². The smallest absolute Gasteiger partial charge is 0.302 e. The number of rotatable bonds is 4. The van der Waals surface area contributed by atoms with Gasteiger partial charge in [0.25, 0.3) is 0 Å². The van der Waals surface area contributed by atoms with Crippen molar-refractivity contribution in [3.8, 4) is 0 Å². The number of esters is 1. The molecule has 0 aromatic rings. The van der Waals surface area contributed by atoms with Crippen LogP contribution in [0.15, 0.2) is 11.6 Å². The Bertz CT molecular complexity index is 208. The maximum atomic E-state index is 10.5. The van der Waals surface area contributed by atoms with Crippen molar-refractivity contribution in [1.29, 1.82) is 0 Å². The predicted octanol–water partition coefficient (Wildman–Crippen LogP) is 0.371. The number of carbonyl (C=O) groups excluding carboxylic acids is 2. The zero-order chi connectivity index (χ0) is 9.56. The minimum atomic E-state index is -0.446. The maximum absolute atomic E-state index is 10.5. The molecule has 68 valence electrons. The van der Waals surface area contributed by atoms with E-state index in [1.165, 1.54) is 6.92 Å². The Balaban J connectivity index is 3.60. The lowest BCUT2D eigenvalue weighted by atomic mass is 10.2. The molecule has 0 aliphatic heterocycles. The third-order valence-electron chi connectivity index (χ3n) is 1.26. The zero-order valence-corrected chi connectivity index (χ0v) is 7.29. The molecule has 0 fully saturated rings. The summed E-state index contributed by atoms with van der Waals surface area (Å²) < 4.78 is 4.64. The van der Waals surface area contributed by atoms with Gasteiger partial charge in [0.2, 0.25) is 5.91 Å². The van der Waals surface area contributed by atoms with E-state index in [-0.39, 0.29) is 5.97 Å². The fraction of sp³-hybridized carbons (Fsp3) is 0.500. The molecule has 1 amide bonds. The van der Waals surface area contributed by atoms with Crippen LogP contribution in [0.1, 0.15) is 20.3 Å². The molecule has 0 aliphatic rings. The van der Waals surface area contributed by atoms with Crippen LogP contribution in [-0.2, 0) is 14.3 Å². The second kappa shape index (κ2) is 5.35. The van der Waals surface area contributed by atoms with Crippen LogP contribution in [0.5, 0.6) is 0 Å². The molecule has 4 nitrogen and oxygen atoms in total. The number of nitrogens with two attached hydrogens (primary N) is 1. The van der Waals surface area contributed by atoms with Crippen molar-refractivity contribution in [1.82, 2.24) is 0 Å². The van der Waals surface area contributed by atoms with E-state index in [9.17, 15) is 9.59 Å². The molecule has 0 radical (unpaired) electrons. The van der Waals surface area contributed by atoms with Gasteiger partial charge in [-0.1, -0.05) is 6.08 Å². The van der Waals surface area contributed by atoms with Gasteiger partial charge in [-0.3, -0.25) is 9.59 Å². The SMILES string of the molecule is CC(=O)OCCC=C(C)C(N)=O. The van der Waals surface area contributed by atoms with Crippen LogP contribution in [0, 0.1) is 0 Å². The second-order valence-corrected chi connectivity index (χ2v) is 2.38. The van der Waals surface area contributed by atoms with Gasteiger partial charge < -0.3 is 10.5 Å². The number of hydrogen-bond donors (Lipinski definition) is 1. The summed E-state index contributed by atoms with van der Waals surface area (Å²) >= 11 is 0. The summed E-state index contributed by atoms with van der Waals surface area (Å²) in [7, 11) is 0. The molecule has 2 N–H and O–H groups in total. The van der Waals surface area contributed by atoms with E-state index in [1.54, 1.807) is 13.0 Å². The number of hydrogen-bond acceptors (Lipinski definition) is 3. The summed E-state index contributed by atoms with van der Waals surface area (Å²) in [5, 5.41) is 0. The fourth-order valence-corrected chi connectivity index (χ4v) is 0.579. The van der Waals surface area contributed by atoms with Crippen LogP contribution in [-0.4, -0.2) is 18.5 Å². The van der Waals surface area contributed by atoms with Crippen molar-refractivity contribution in [3.63, 3.8) is 0 Å². The molecule has 0 aromatic heterocycles. The highest BCUT2D eigenvalue weighted by Crippen LogP contribution is 1.94. The Hall–Kier alpha value is -1.32. The van der Waals surface area contributed by atoms with Gasteiger partial charge in [-0.2, -0.15) is 0 Å².